The molecular formula is C14H25N3O4S. The molecule has 1 aromatic heterocycles. The number of imidazole rings is 1. The largest absolute Gasteiger partial charge is 0.469 e. The van der Waals surface area contributed by atoms with Crippen LogP contribution in [0.4, 0.5) is 0 Å². The minimum Gasteiger partial charge on any atom is -0.469 e. The molecule has 0 unspecified atom stereocenters. The van der Waals surface area contributed by atoms with Gasteiger partial charge in [-0.3, -0.25) is 4.79 Å². The van der Waals surface area contributed by atoms with Crippen molar-refractivity contribution in [2.24, 2.45) is 5.92 Å². The van der Waals surface area contributed by atoms with E-state index in [1.54, 1.807) is 12.4 Å². The van der Waals surface area contributed by atoms with Gasteiger partial charge in [0.15, 0.2) is 0 Å². The number of aromatic amines is 1. The van der Waals surface area contributed by atoms with Crippen LogP contribution in [-0.2, 0) is 19.6 Å². The zero-order valence-electron chi connectivity index (χ0n) is 13.3. The van der Waals surface area contributed by atoms with Crippen molar-refractivity contribution in [2.75, 3.05) is 12.9 Å². The molecule has 0 aliphatic carbocycles. The zero-order chi connectivity index (χ0) is 16.6. The van der Waals surface area contributed by atoms with E-state index in [0.29, 0.717) is 31.5 Å². The van der Waals surface area contributed by atoms with Gasteiger partial charge in [0, 0.05) is 18.8 Å². The van der Waals surface area contributed by atoms with Crippen LogP contribution >= 0.6 is 0 Å². The molecule has 2 N–H and O–H groups in total. The fraction of sp³-hybridized carbons (Fsp3) is 0.714. The highest BCUT2D eigenvalue weighted by Crippen LogP contribution is 2.19. The molecule has 1 aromatic rings. The summed E-state index contributed by atoms with van der Waals surface area (Å²) in [6, 6.07) is -0.366. The van der Waals surface area contributed by atoms with Crippen molar-refractivity contribution in [2.45, 2.75) is 45.6 Å². The van der Waals surface area contributed by atoms with Crippen LogP contribution in [-0.4, -0.2) is 37.2 Å². The van der Waals surface area contributed by atoms with Crippen LogP contribution < -0.4 is 4.72 Å². The quantitative estimate of drug-likeness (QED) is 0.502. The lowest BCUT2D eigenvalue weighted by Gasteiger charge is -2.20. The Morgan fingerprint density at radius 2 is 2.09 bits per heavy atom. The number of sulfonamides is 1. The lowest BCUT2D eigenvalue weighted by molar-refractivity contribution is -0.140. The topological polar surface area (TPSA) is 101 Å². The Labute approximate surface area is 131 Å². The van der Waals surface area contributed by atoms with E-state index >= 15 is 0 Å². The highest BCUT2D eigenvalue weighted by molar-refractivity contribution is 7.89. The van der Waals surface area contributed by atoms with Gasteiger partial charge < -0.3 is 9.72 Å². The van der Waals surface area contributed by atoms with Crippen LogP contribution in [0.15, 0.2) is 12.4 Å². The van der Waals surface area contributed by atoms with Gasteiger partial charge in [0.05, 0.1) is 18.9 Å². The minimum atomic E-state index is -3.38. The molecule has 0 bridgehead atoms. The summed E-state index contributed by atoms with van der Waals surface area (Å²) in [5.74, 6) is 0.473. The van der Waals surface area contributed by atoms with Crippen LogP contribution in [0, 0.1) is 5.92 Å². The number of H-pyrrole nitrogens is 1. The number of hydrogen-bond donors (Lipinski definition) is 2. The summed E-state index contributed by atoms with van der Waals surface area (Å²) >= 11 is 0. The second kappa shape index (κ2) is 8.89. The average molecular weight is 331 g/mol. The summed E-state index contributed by atoms with van der Waals surface area (Å²) in [6.45, 7) is 3.87. The second-order valence-corrected chi connectivity index (χ2v) is 7.39. The standard InChI is InChI=1S/C14H25N3O4S/c1-11(2)13(14-15-8-9-16-14)17-22(19,20)10-6-4-5-7-12(18)21-3/h8-9,11,13,17H,4-7,10H2,1-3H3,(H,15,16)/t13-/m0/s1. The number of aromatic nitrogens is 2. The number of rotatable bonds is 10. The van der Waals surface area contributed by atoms with E-state index in [4.69, 9.17) is 0 Å². The maximum Gasteiger partial charge on any atom is 0.305 e. The predicted octanol–water partition coefficient (Wildman–Crippen LogP) is 1.76. The first kappa shape index (κ1) is 18.6. The third-order valence-electron chi connectivity index (χ3n) is 3.31. The van der Waals surface area contributed by atoms with Gasteiger partial charge in [0.25, 0.3) is 0 Å². The number of hydrogen-bond acceptors (Lipinski definition) is 5. The highest BCUT2D eigenvalue weighted by atomic mass is 32.2. The molecule has 0 aliphatic heterocycles. The van der Waals surface area contributed by atoms with Crippen molar-refractivity contribution in [3.8, 4) is 0 Å². The maximum absolute atomic E-state index is 12.1. The van der Waals surface area contributed by atoms with Gasteiger partial charge in [-0.1, -0.05) is 20.3 Å². The molecule has 0 saturated carbocycles. The first-order chi connectivity index (χ1) is 10.4. The molecule has 0 aromatic carbocycles. The van der Waals surface area contributed by atoms with Crippen LogP contribution in [0.5, 0.6) is 0 Å². The highest BCUT2D eigenvalue weighted by Gasteiger charge is 2.23. The minimum absolute atomic E-state index is 0.0398. The average Bonchev–Trinajstić information content (AvgIpc) is 2.97. The summed E-state index contributed by atoms with van der Waals surface area (Å²) in [5, 5.41) is 0. The predicted molar refractivity (Wildman–Crippen MR) is 83.6 cm³/mol. The van der Waals surface area contributed by atoms with Crippen molar-refractivity contribution in [1.82, 2.24) is 14.7 Å². The van der Waals surface area contributed by atoms with Gasteiger partial charge in [-0.05, 0) is 18.8 Å². The summed E-state index contributed by atoms with van der Waals surface area (Å²) in [6.07, 6.45) is 5.41. The van der Waals surface area contributed by atoms with Gasteiger partial charge in [-0.15, -0.1) is 0 Å². The van der Waals surface area contributed by atoms with E-state index in [-0.39, 0.29) is 23.7 Å². The molecule has 0 radical (unpaired) electrons. The second-order valence-electron chi connectivity index (χ2n) is 5.52. The first-order valence-electron chi connectivity index (χ1n) is 7.42. The van der Waals surface area contributed by atoms with Crippen LogP contribution in [0.3, 0.4) is 0 Å². The molecule has 0 fully saturated rings. The van der Waals surface area contributed by atoms with Crippen molar-refractivity contribution < 1.29 is 17.9 Å². The lowest BCUT2D eigenvalue weighted by atomic mass is 10.1. The number of esters is 1. The Morgan fingerprint density at radius 3 is 2.64 bits per heavy atom. The number of unbranched alkanes of at least 4 members (excludes halogenated alkanes) is 2. The number of methoxy groups -OCH3 is 1. The molecule has 0 amide bonds. The summed E-state index contributed by atoms with van der Waals surface area (Å²) in [4.78, 5) is 18.0. The van der Waals surface area contributed by atoms with Crippen molar-refractivity contribution in [3.63, 3.8) is 0 Å². The zero-order valence-corrected chi connectivity index (χ0v) is 14.1. The van der Waals surface area contributed by atoms with E-state index in [1.807, 2.05) is 13.8 Å². The fourth-order valence-corrected chi connectivity index (χ4v) is 3.52. The van der Waals surface area contributed by atoms with Crippen molar-refractivity contribution in [1.29, 1.82) is 0 Å². The van der Waals surface area contributed by atoms with E-state index < -0.39 is 10.0 Å². The van der Waals surface area contributed by atoms with Gasteiger partial charge >= 0.3 is 5.97 Å². The molecule has 0 spiro atoms. The molecule has 1 rings (SSSR count). The Kier molecular flexibility index (Phi) is 7.53. The summed E-state index contributed by atoms with van der Waals surface area (Å²) in [7, 11) is -2.04. The van der Waals surface area contributed by atoms with Crippen molar-refractivity contribution in [3.05, 3.63) is 18.2 Å². The summed E-state index contributed by atoms with van der Waals surface area (Å²) < 4.78 is 31.5. The molecular weight excluding hydrogens is 306 g/mol. The molecule has 1 heterocycles. The van der Waals surface area contributed by atoms with Gasteiger partial charge in [0.1, 0.15) is 5.82 Å². The Balaban J connectivity index is 2.43. The van der Waals surface area contributed by atoms with Gasteiger partial charge in [-0.25, -0.2) is 18.1 Å². The smallest absolute Gasteiger partial charge is 0.305 e. The monoisotopic (exact) mass is 331 g/mol. The molecule has 7 nitrogen and oxygen atoms in total. The van der Waals surface area contributed by atoms with Crippen molar-refractivity contribution >= 4 is 16.0 Å². The van der Waals surface area contributed by atoms with Crippen LogP contribution in [0.25, 0.3) is 0 Å². The van der Waals surface area contributed by atoms with E-state index in [2.05, 4.69) is 19.4 Å². The van der Waals surface area contributed by atoms with E-state index in [1.165, 1.54) is 7.11 Å². The third-order valence-corrected chi connectivity index (χ3v) is 4.75. The normalized spacial score (nSPS) is 13.3. The number of carbonyl (C=O) groups excluding carboxylic acids is 1. The SMILES string of the molecule is COC(=O)CCCCCS(=O)(=O)N[C@H](c1ncc[nH]1)C(C)C. The van der Waals surface area contributed by atoms with E-state index in [9.17, 15) is 13.2 Å². The van der Waals surface area contributed by atoms with Gasteiger partial charge in [-0.2, -0.15) is 0 Å². The van der Waals surface area contributed by atoms with Gasteiger partial charge in [0.2, 0.25) is 10.0 Å². The number of nitrogens with one attached hydrogen (secondary N) is 2. The lowest BCUT2D eigenvalue weighted by Crippen LogP contribution is -2.34. The summed E-state index contributed by atoms with van der Waals surface area (Å²) in [5.41, 5.74) is 0. The van der Waals surface area contributed by atoms with Crippen LogP contribution in [0.2, 0.25) is 0 Å². The molecule has 22 heavy (non-hydrogen) atoms. The Hall–Kier alpha value is -1.41. The Morgan fingerprint density at radius 1 is 1.36 bits per heavy atom. The Bertz CT molecular complexity index is 540. The number of ether oxygens (including phenoxy) is 1. The fourth-order valence-electron chi connectivity index (χ4n) is 2.05. The van der Waals surface area contributed by atoms with Crippen LogP contribution in [0.1, 0.15) is 51.4 Å². The number of nitrogens with zero attached hydrogens (tertiary/aromatic N) is 1. The molecule has 0 saturated heterocycles. The molecule has 8 heteroatoms. The molecule has 0 aliphatic rings. The van der Waals surface area contributed by atoms with E-state index in [0.717, 1.165) is 0 Å². The first-order valence-corrected chi connectivity index (χ1v) is 9.07. The molecule has 1 atom stereocenters. The molecule has 126 valence electrons. The maximum atomic E-state index is 12.1. The number of carbonyl (C=O) groups is 1. The third kappa shape index (κ3) is 6.57.